The normalized spacial score (nSPS) is 16.0. The third kappa shape index (κ3) is 5.26. The van der Waals surface area contributed by atoms with Gasteiger partial charge in [-0.15, -0.1) is 0 Å². The number of hydrogen-bond acceptors (Lipinski definition) is 4. The van der Waals surface area contributed by atoms with E-state index >= 15 is 0 Å². The minimum Gasteiger partial charge on any atom is -0.335 e. The highest BCUT2D eigenvalue weighted by molar-refractivity contribution is 7.71. The summed E-state index contributed by atoms with van der Waals surface area (Å²) in [5, 5.41) is 4.31. The number of H-pyrrole nitrogens is 2. The first-order valence-electron chi connectivity index (χ1n) is 8.36. The molecular weight excluding hydrogens is 324 g/mol. The van der Waals surface area contributed by atoms with E-state index in [4.69, 9.17) is 12.2 Å². The molecule has 0 aromatic carbocycles. The van der Waals surface area contributed by atoms with Gasteiger partial charge in [0.2, 0.25) is 5.91 Å². The Bertz CT molecular complexity index is 745. The number of rotatable bonds is 7. The van der Waals surface area contributed by atoms with Crippen molar-refractivity contribution in [3.8, 4) is 0 Å². The van der Waals surface area contributed by atoms with E-state index in [0.29, 0.717) is 5.69 Å². The molecule has 3 N–H and O–H groups in total. The van der Waals surface area contributed by atoms with Gasteiger partial charge in [0, 0.05) is 11.8 Å². The van der Waals surface area contributed by atoms with Crippen LogP contribution < -0.4 is 11.0 Å². The highest BCUT2D eigenvalue weighted by Gasteiger charge is 2.18. The molecule has 6 nitrogen and oxygen atoms in total. The summed E-state index contributed by atoms with van der Waals surface area (Å²) in [5.74, 6) is -0.267. The van der Waals surface area contributed by atoms with Crippen LogP contribution in [-0.2, 0) is 11.2 Å². The molecule has 24 heavy (non-hydrogen) atoms. The fourth-order valence-corrected chi connectivity index (χ4v) is 3.08. The number of nitrogens with zero attached hydrogens (tertiary/aromatic N) is 1. The molecule has 1 aliphatic carbocycles. The predicted octanol–water partition coefficient (Wildman–Crippen LogP) is 3.14. The molecule has 1 aliphatic rings. The molecule has 1 heterocycles. The maximum atomic E-state index is 12.0. The van der Waals surface area contributed by atoms with E-state index in [0.717, 1.165) is 31.4 Å². The molecule has 1 aromatic rings. The molecule has 2 rings (SSSR count). The summed E-state index contributed by atoms with van der Waals surface area (Å²) in [6.45, 7) is 4.33. The lowest BCUT2D eigenvalue weighted by Gasteiger charge is -2.07. The maximum Gasteiger partial charge on any atom is 0.251 e. The standard InChI is InChI=1S/C17H24N4O2S/c1-3-4-5-6-13-11(2)7-8-14(13)20-21-16(23)10-12-9-15(22)19-17(24)18-12/h9H,3-8,10H2,1-2H3,(H,21,23)(H2,18,19,22,24)/b20-14-. The first-order chi connectivity index (χ1) is 11.5. The van der Waals surface area contributed by atoms with E-state index in [9.17, 15) is 9.59 Å². The number of carbonyl (C=O) groups excluding carboxylic acids is 1. The summed E-state index contributed by atoms with van der Waals surface area (Å²) in [6.07, 6.45) is 6.50. The fourth-order valence-electron chi connectivity index (χ4n) is 2.84. The monoisotopic (exact) mass is 348 g/mol. The molecule has 7 heteroatoms. The van der Waals surface area contributed by atoms with Crippen LogP contribution in [0.25, 0.3) is 0 Å². The van der Waals surface area contributed by atoms with Crippen LogP contribution in [0.15, 0.2) is 27.1 Å². The molecule has 1 aromatic heterocycles. The molecule has 0 spiro atoms. The van der Waals surface area contributed by atoms with Gasteiger partial charge in [-0.05, 0) is 50.4 Å². The molecule has 0 atom stereocenters. The molecular formula is C17H24N4O2S. The zero-order chi connectivity index (χ0) is 17.5. The Morgan fingerprint density at radius 3 is 2.83 bits per heavy atom. The summed E-state index contributed by atoms with van der Waals surface area (Å²) >= 11 is 4.89. The second-order valence-electron chi connectivity index (χ2n) is 6.10. The first-order valence-corrected chi connectivity index (χ1v) is 8.77. The van der Waals surface area contributed by atoms with Crippen LogP contribution in [0.3, 0.4) is 0 Å². The van der Waals surface area contributed by atoms with E-state index in [1.54, 1.807) is 0 Å². The Hall–Kier alpha value is -2.02. The van der Waals surface area contributed by atoms with E-state index in [1.807, 2.05) is 0 Å². The van der Waals surface area contributed by atoms with Crippen LogP contribution in [0.1, 0.15) is 58.1 Å². The SMILES string of the molecule is CCCCCC1=C(C)CC/C1=N/NC(=O)Cc1cc(=O)[nH]c(=S)[nH]1. The zero-order valence-corrected chi connectivity index (χ0v) is 15.0. The van der Waals surface area contributed by atoms with Crippen molar-refractivity contribution in [2.45, 2.75) is 58.8 Å². The minimum atomic E-state index is -0.319. The van der Waals surface area contributed by atoms with E-state index in [1.165, 1.54) is 30.1 Å². The highest BCUT2D eigenvalue weighted by Crippen LogP contribution is 2.27. The van der Waals surface area contributed by atoms with E-state index < -0.39 is 0 Å². The van der Waals surface area contributed by atoms with Crippen molar-refractivity contribution in [3.05, 3.63) is 38.0 Å². The Labute approximate surface area is 146 Å². The number of hydrazone groups is 1. The topological polar surface area (TPSA) is 90.1 Å². The number of unbranched alkanes of at least 4 members (excludes halogenated alkanes) is 2. The minimum absolute atomic E-state index is 0.0399. The van der Waals surface area contributed by atoms with Crippen molar-refractivity contribution in [3.63, 3.8) is 0 Å². The summed E-state index contributed by atoms with van der Waals surface area (Å²) < 4.78 is 0.212. The van der Waals surface area contributed by atoms with Crippen LogP contribution in [0.2, 0.25) is 0 Å². The number of aromatic nitrogens is 2. The van der Waals surface area contributed by atoms with Gasteiger partial charge in [0.25, 0.3) is 5.56 Å². The van der Waals surface area contributed by atoms with Crippen molar-refractivity contribution < 1.29 is 4.79 Å². The average Bonchev–Trinajstić information content (AvgIpc) is 2.85. The molecule has 0 fully saturated rings. The van der Waals surface area contributed by atoms with Gasteiger partial charge in [0.15, 0.2) is 4.77 Å². The predicted molar refractivity (Wildman–Crippen MR) is 97.6 cm³/mol. The Morgan fingerprint density at radius 1 is 1.33 bits per heavy atom. The lowest BCUT2D eigenvalue weighted by Crippen LogP contribution is -2.23. The van der Waals surface area contributed by atoms with Crippen LogP contribution in [0.4, 0.5) is 0 Å². The number of hydrogen-bond donors (Lipinski definition) is 3. The van der Waals surface area contributed by atoms with Crippen LogP contribution >= 0.6 is 12.2 Å². The molecule has 0 aliphatic heterocycles. The summed E-state index contributed by atoms with van der Waals surface area (Å²) in [6, 6.07) is 1.33. The second kappa shape index (κ2) is 8.73. The summed E-state index contributed by atoms with van der Waals surface area (Å²) in [7, 11) is 0. The molecule has 0 saturated heterocycles. The number of aromatic amines is 2. The zero-order valence-electron chi connectivity index (χ0n) is 14.2. The third-order valence-corrected chi connectivity index (χ3v) is 4.32. The lowest BCUT2D eigenvalue weighted by atomic mass is 10.0. The first kappa shape index (κ1) is 18.3. The van der Waals surface area contributed by atoms with Gasteiger partial charge in [-0.25, -0.2) is 5.43 Å². The number of carbonyl (C=O) groups is 1. The smallest absolute Gasteiger partial charge is 0.251 e. The largest absolute Gasteiger partial charge is 0.335 e. The molecule has 130 valence electrons. The number of amides is 1. The van der Waals surface area contributed by atoms with Gasteiger partial charge in [-0.1, -0.05) is 25.3 Å². The van der Waals surface area contributed by atoms with Crippen LogP contribution in [0.5, 0.6) is 0 Å². The van der Waals surface area contributed by atoms with Crippen LogP contribution in [-0.4, -0.2) is 21.6 Å². The van der Waals surface area contributed by atoms with Crippen molar-refractivity contribution in [1.29, 1.82) is 0 Å². The maximum absolute atomic E-state index is 12.0. The quantitative estimate of drug-likeness (QED) is 0.402. The summed E-state index contributed by atoms with van der Waals surface area (Å²) in [4.78, 5) is 28.6. The van der Waals surface area contributed by atoms with Gasteiger partial charge in [0.05, 0.1) is 12.1 Å². The lowest BCUT2D eigenvalue weighted by molar-refractivity contribution is -0.120. The average molecular weight is 348 g/mol. The van der Waals surface area contributed by atoms with Crippen molar-refractivity contribution in [2.75, 3.05) is 0 Å². The van der Waals surface area contributed by atoms with Crippen LogP contribution in [0, 0.1) is 4.77 Å². The number of allylic oxidation sites excluding steroid dienone is 2. The van der Waals surface area contributed by atoms with Gasteiger partial charge in [0.1, 0.15) is 0 Å². The Balaban J connectivity index is 1.97. The van der Waals surface area contributed by atoms with Gasteiger partial charge < -0.3 is 4.98 Å². The van der Waals surface area contributed by atoms with Gasteiger partial charge in [-0.2, -0.15) is 5.10 Å². The molecule has 0 unspecified atom stereocenters. The molecule has 0 radical (unpaired) electrons. The molecule has 0 bridgehead atoms. The van der Waals surface area contributed by atoms with Crippen molar-refractivity contribution >= 4 is 23.8 Å². The Kier molecular flexibility index (Phi) is 6.66. The van der Waals surface area contributed by atoms with E-state index in [-0.39, 0.29) is 22.7 Å². The third-order valence-electron chi connectivity index (χ3n) is 4.11. The van der Waals surface area contributed by atoms with Crippen molar-refractivity contribution in [1.82, 2.24) is 15.4 Å². The van der Waals surface area contributed by atoms with Gasteiger partial charge >= 0.3 is 0 Å². The van der Waals surface area contributed by atoms with Gasteiger partial charge in [-0.3, -0.25) is 14.6 Å². The van der Waals surface area contributed by atoms with E-state index in [2.05, 4.69) is 34.3 Å². The fraction of sp³-hybridized carbons (Fsp3) is 0.529. The summed E-state index contributed by atoms with van der Waals surface area (Å²) in [5.41, 5.74) is 6.40. The van der Waals surface area contributed by atoms with Crippen molar-refractivity contribution in [2.24, 2.45) is 5.10 Å². The number of nitrogens with one attached hydrogen (secondary N) is 3. The highest BCUT2D eigenvalue weighted by atomic mass is 32.1. The molecule has 0 saturated carbocycles. The molecule has 1 amide bonds. The second-order valence-corrected chi connectivity index (χ2v) is 6.51. The Morgan fingerprint density at radius 2 is 2.12 bits per heavy atom.